The molecule has 11 heteroatoms. The second-order valence-corrected chi connectivity index (χ2v) is 9.05. The van der Waals surface area contributed by atoms with Crippen molar-refractivity contribution in [1.29, 1.82) is 0 Å². The van der Waals surface area contributed by atoms with E-state index in [0.29, 0.717) is 29.1 Å². The molecule has 3 N–H and O–H groups in total. The van der Waals surface area contributed by atoms with Gasteiger partial charge in [0.2, 0.25) is 0 Å². The number of hydrogen-bond donors (Lipinski definition) is 3. The van der Waals surface area contributed by atoms with Gasteiger partial charge in [0, 0.05) is 18.1 Å². The molecular formula is C27H34O11. The monoisotopic (exact) mass is 534 g/mol. The Morgan fingerprint density at radius 2 is 1.82 bits per heavy atom. The maximum absolute atomic E-state index is 12.2. The molecule has 208 valence electrons. The van der Waals surface area contributed by atoms with Crippen LogP contribution in [0.15, 0.2) is 47.6 Å². The number of allylic oxidation sites excluding steroid dienone is 1. The number of ether oxygens (including phenoxy) is 6. The Hall–Kier alpha value is -3.22. The summed E-state index contributed by atoms with van der Waals surface area (Å²) in [6, 6.07) is 5.09. The van der Waals surface area contributed by atoms with Crippen LogP contribution in [0.1, 0.15) is 25.8 Å². The molecule has 2 fully saturated rings. The van der Waals surface area contributed by atoms with Gasteiger partial charge in [-0.15, -0.1) is 0 Å². The second kappa shape index (κ2) is 13.5. The van der Waals surface area contributed by atoms with Crippen LogP contribution in [-0.2, 0) is 28.5 Å². The molecule has 0 aromatic heterocycles. The Balaban J connectivity index is 1.53. The minimum atomic E-state index is -1.61. The number of methoxy groups -OCH3 is 2. The van der Waals surface area contributed by atoms with E-state index >= 15 is 0 Å². The van der Waals surface area contributed by atoms with Crippen LogP contribution < -0.4 is 9.47 Å². The first-order valence-corrected chi connectivity index (χ1v) is 12.1. The van der Waals surface area contributed by atoms with E-state index in [2.05, 4.69) is 0 Å². The Morgan fingerprint density at radius 1 is 1.08 bits per heavy atom. The summed E-state index contributed by atoms with van der Waals surface area (Å²) in [5.74, 6) is -0.138. The van der Waals surface area contributed by atoms with E-state index < -0.39 is 49.3 Å². The van der Waals surface area contributed by atoms with Gasteiger partial charge < -0.3 is 43.7 Å². The second-order valence-electron chi connectivity index (χ2n) is 9.05. The molecule has 1 aromatic carbocycles. The van der Waals surface area contributed by atoms with E-state index in [1.54, 1.807) is 18.2 Å². The number of carbonyl (C=O) groups is 2. The highest BCUT2D eigenvalue weighted by molar-refractivity contribution is 5.91. The topological polar surface area (TPSA) is 150 Å². The fourth-order valence-electron chi connectivity index (χ4n) is 3.95. The Labute approximate surface area is 220 Å². The SMILES string of the molecule is COc1ccc(/C=C/C(=O)OC[C@H]2O[C@@H](OC/C=C3/C[C@@H](C=C(C)C)OC3=O)[C@H](O)[C@@H](O)[C@@H]2O)cc1OC. The molecule has 0 aliphatic carbocycles. The predicted octanol–water partition coefficient (Wildman–Crippen LogP) is 1.29. The summed E-state index contributed by atoms with van der Waals surface area (Å²) in [5, 5.41) is 30.8. The summed E-state index contributed by atoms with van der Waals surface area (Å²) in [5.41, 5.74) is 2.10. The first-order chi connectivity index (χ1) is 18.1. The van der Waals surface area contributed by atoms with Crippen molar-refractivity contribution in [3.05, 3.63) is 53.1 Å². The standard InChI is InChI=1S/C27H34O11/c1-15(2)11-18-13-17(26(32)37-18)9-10-35-27-25(31)24(30)23(29)21(38-27)14-36-22(28)8-6-16-5-7-19(33-3)20(12-16)34-4/h5-9,11-12,18,21,23-25,27,29-31H,10,13-14H2,1-4H3/b8-6+,17-9-/t18-,21-,23-,24+,25-,27-/m1/s1. The van der Waals surface area contributed by atoms with E-state index in [-0.39, 0.29) is 12.7 Å². The number of rotatable bonds is 10. The maximum Gasteiger partial charge on any atom is 0.334 e. The molecule has 0 unspecified atom stereocenters. The number of aliphatic hydroxyl groups excluding tert-OH is 3. The van der Waals surface area contributed by atoms with Crippen LogP contribution >= 0.6 is 0 Å². The van der Waals surface area contributed by atoms with Gasteiger partial charge in [-0.3, -0.25) is 0 Å². The highest BCUT2D eigenvalue weighted by Gasteiger charge is 2.44. The average molecular weight is 535 g/mol. The van der Waals surface area contributed by atoms with Gasteiger partial charge in [0.25, 0.3) is 0 Å². The Morgan fingerprint density at radius 3 is 2.50 bits per heavy atom. The minimum absolute atomic E-state index is 0.114. The molecule has 0 saturated carbocycles. The van der Waals surface area contributed by atoms with Crippen molar-refractivity contribution in [1.82, 2.24) is 0 Å². The quantitative estimate of drug-likeness (QED) is 0.226. The molecule has 2 saturated heterocycles. The number of carbonyl (C=O) groups excluding carboxylic acids is 2. The molecule has 1 aromatic rings. The highest BCUT2D eigenvalue weighted by atomic mass is 16.7. The van der Waals surface area contributed by atoms with Gasteiger partial charge in [-0.1, -0.05) is 11.6 Å². The van der Waals surface area contributed by atoms with Crippen molar-refractivity contribution in [3.63, 3.8) is 0 Å². The van der Waals surface area contributed by atoms with Gasteiger partial charge in [-0.25, -0.2) is 9.59 Å². The predicted molar refractivity (Wildman–Crippen MR) is 134 cm³/mol. The first kappa shape index (κ1) is 29.3. The Kier molecular flexibility index (Phi) is 10.5. The number of hydrogen-bond acceptors (Lipinski definition) is 11. The lowest BCUT2D eigenvalue weighted by molar-refractivity contribution is -0.299. The van der Waals surface area contributed by atoms with Crippen LogP contribution in [0.2, 0.25) is 0 Å². The van der Waals surface area contributed by atoms with Crippen LogP contribution in [0, 0.1) is 0 Å². The van der Waals surface area contributed by atoms with E-state index in [1.807, 2.05) is 19.9 Å². The van der Waals surface area contributed by atoms with E-state index in [9.17, 15) is 24.9 Å². The van der Waals surface area contributed by atoms with E-state index in [0.717, 1.165) is 5.57 Å². The van der Waals surface area contributed by atoms with Crippen molar-refractivity contribution in [2.75, 3.05) is 27.4 Å². The van der Waals surface area contributed by atoms with Gasteiger partial charge in [0.15, 0.2) is 17.8 Å². The first-order valence-electron chi connectivity index (χ1n) is 12.1. The highest BCUT2D eigenvalue weighted by Crippen LogP contribution is 2.28. The van der Waals surface area contributed by atoms with Crippen molar-refractivity contribution >= 4 is 18.0 Å². The van der Waals surface area contributed by atoms with Gasteiger partial charge in [-0.2, -0.15) is 0 Å². The third-order valence-corrected chi connectivity index (χ3v) is 5.93. The number of aliphatic hydroxyl groups is 3. The normalized spacial score (nSPS) is 28.3. The third kappa shape index (κ3) is 7.65. The molecule has 2 aliphatic heterocycles. The molecule has 0 bridgehead atoms. The van der Waals surface area contributed by atoms with Crippen molar-refractivity contribution in [2.45, 2.75) is 57.1 Å². The summed E-state index contributed by atoms with van der Waals surface area (Å²) in [6.07, 6.45) is -1.08. The summed E-state index contributed by atoms with van der Waals surface area (Å²) in [6.45, 7) is 3.29. The molecule has 0 radical (unpaired) electrons. The van der Waals surface area contributed by atoms with Crippen LogP contribution in [0.5, 0.6) is 11.5 Å². The molecule has 2 aliphatic rings. The van der Waals surface area contributed by atoms with Crippen molar-refractivity contribution < 1.29 is 53.3 Å². The zero-order chi connectivity index (χ0) is 27.8. The molecule has 2 heterocycles. The van der Waals surface area contributed by atoms with Crippen LogP contribution in [0.4, 0.5) is 0 Å². The summed E-state index contributed by atoms with van der Waals surface area (Å²) in [7, 11) is 3.01. The molecule has 6 atom stereocenters. The molecule has 11 nitrogen and oxygen atoms in total. The lowest BCUT2D eigenvalue weighted by Gasteiger charge is -2.39. The lowest BCUT2D eigenvalue weighted by Crippen LogP contribution is -2.59. The number of cyclic esters (lactones) is 1. The van der Waals surface area contributed by atoms with Gasteiger partial charge >= 0.3 is 11.9 Å². The van der Waals surface area contributed by atoms with Gasteiger partial charge in [-0.05, 0) is 49.8 Å². The number of esters is 2. The fourth-order valence-corrected chi connectivity index (χ4v) is 3.95. The van der Waals surface area contributed by atoms with E-state index in [4.69, 9.17) is 28.4 Å². The van der Waals surface area contributed by atoms with E-state index in [1.165, 1.54) is 32.4 Å². The van der Waals surface area contributed by atoms with Crippen LogP contribution in [0.3, 0.4) is 0 Å². The average Bonchev–Trinajstić information content (AvgIpc) is 3.24. The fraction of sp³-hybridized carbons (Fsp3) is 0.481. The molecular weight excluding hydrogens is 500 g/mol. The maximum atomic E-state index is 12.2. The van der Waals surface area contributed by atoms with Crippen molar-refractivity contribution in [3.8, 4) is 11.5 Å². The Bertz CT molecular complexity index is 1070. The zero-order valence-corrected chi connectivity index (χ0v) is 21.7. The van der Waals surface area contributed by atoms with Gasteiger partial charge in [0.1, 0.15) is 37.1 Å². The molecule has 3 rings (SSSR count). The van der Waals surface area contributed by atoms with Crippen molar-refractivity contribution in [2.24, 2.45) is 0 Å². The summed E-state index contributed by atoms with van der Waals surface area (Å²) < 4.78 is 31.9. The smallest absolute Gasteiger partial charge is 0.334 e. The summed E-state index contributed by atoms with van der Waals surface area (Å²) in [4.78, 5) is 24.2. The zero-order valence-electron chi connectivity index (χ0n) is 21.7. The molecule has 38 heavy (non-hydrogen) atoms. The summed E-state index contributed by atoms with van der Waals surface area (Å²) >= 11 is 0. The molecule has 0 amide bonds. The van der Waals surface area contributed by atoms with Crippen LogP contribution in [0.25, 0.3) is 6.08 Å². The van der Waals surface area contributed by atoms with Crippen LogP contribution in [-0.4, -0.2) is 91.5 Å². The lowest BCUT2D eigenvalue weighted by atomic mass is 9.99. The minimum Gasteiger partial charge on any atom is -0.493 e. The largest absolute Gasteiger partial charge is 0.493 e. The number of benzene rings is 1. The molecule has 0 spiro atoms. The van der Waals surface area contributed by atoms with Gasteiger partial charge in [0.05, 0.1) is 20.8 Å². The third-order valence-electron chi connectivity index (χ3n) is 5.93.